The number of nitrogens with one attached hydrogen (secondary N) is 2. The highest BCUT2D eigenvalue weighted by molar-refractivity contribution is 5.94. The molecule has 148 valence electrons. The number of carbonyl (C=O) groups is 1. The summed E-state index contributed by atoms with van der Waals surface area (Å²) in [6.45, 7) is 6.34. The van der Waals surface area contributed by atoms with E-state index in [4.69, 9.17) is 9.47 Å². The van der Waals surface area contributed by atoms with E-state index in [-0.39, 0.29) is 18.1 Å². The van der Waals surface area contributed by atoms with Crippen LogP contribution in [-0.2, 0) is 16.0 Å². The number of ether oxygens (including phenoxy) is 2. The van der Waals surface area contributed by atoms with Crippen LogP contribution in [-0.4, -0.2) is 68.9 Å². The van der Waals surface area contributed by atoms with Gasteiger partial charge in [-0.05, 0) is 37.5 Å². The Kier molecular flexibility index (Phi) is 7.06. The van der Waals surface area contributed by atoms with Crippen molar-refractivity contribution in [2.24, 2.45) is 4.99 Å². The molecule has 0 radical (unpaired) electrons. The molecule has 2 atom stereocenters. The van der Waals surface area contributed by atoms with Gasteiger partial charge in [0.2, 0.25) is 0 Å². The van der Waals surface area contributed by atoms with Gasteiger partial charge in [0.15, 0.2) is 5.96 Å². The molecule has 2 N–H and O–H groups in total. The summed E-state index contributed by atoms with van der Waals surface area (Å²) in [5, 5.41) is 6.23. The molecule has 7 heteroatoms. The Morgan fingerprint density at radius 3 is 2.63 bits per heavy atom. The maximum absolute atomic E-state index is 11.8. The zero-order valence-electron chi connectivity index (χ0n) is 16.2. The van der Waals surface area contributed by atoms with Crippen LogP contribution in [0.5, 0.6) is 0 Å². The first-order chi connectivity index (χ1) is 13.2. The highest BCUT2D eigenvalue weighted by atomic mass is 16.5. The van der Waals surface area contributed by atoms with E-state index < -0.39 is 0 Å². The molecule has 1 aromatic rings. The third kappa shape index (κ3) is 5.20. The second kappa shape index (κ2) is 9.71. The molecule has 2 heterocycles. The number of morpholine rings is 1. The van der Waals surface area contributed by atoms with E-state index in [0.717, 1.165) is 44.1 Å². The number of guanidine groups is 1. The quantitative estimate of drug-likeness (QED) is 0.602. The van der Waals surface area contributed by atoms with Crippen LogP contribution in [0.4, 0.5) is 0 Å². The maximum Gasteiger partial charge on any atom is 0.251 e. The molecule has 2 saturated heterocycles. The molecule has 0 spiro atoms. The molecule has 0 bridgehead atoms. The average Bonchev–Trinajstić information content (AvgIpc) is 3.24. The van der Waals surface area contributed by atoms with Crippen molar-refractivity contribution in [1.29, 1.82) is 0 Å². The fraction of sp³-hybridized carbons (Fsp3) is 0.600. The second-order valence-electron chi connectivity index (χ2n) is 6.86. The van der Waals surface area contributed by atoms with Gasteiger partial charge in [-0.1, -0.05) is 12.1 Å². The van der Waals surface area contributed by atoms with Crippen molar-refractivity contribution < 1.29 is 14.3 Å². The monoisotopic (exact) mass is 374 g/mol. The molecular formula is C20H30N4O3. The topological polar surface area (TPSA) is 75.2 Å². The SMILES string of the molecule is CCNC(=O)c1ccc(CNC(=NC)N2CCOC(C3CCCO3)C2)cc1. The van der Waals surface area contributed by atoms with Gasteiger partial charge in [-0.25, -0.2) is 0 Å². The van der Waals surface area contributed by atoms with E-state index in [1.54, 1.807) is 7.05 Å². The molecule has 2 fully saturated rings. The molecule has 7 nitrogen and oxygen atoms in total. The third-order valence-electron chi connectivity index (χ3n) is 4.99. The van der Waals surface area contributed by atoms with Crippen LogP contribution in [0.25, 0.3) is 0 Å². The summed E-state index contributed by atoms with van der Waals surface area (Å²) in [6.07, 6.45) is 2.50. The van der Waals surface area contributed by atoms with E-state index in [2.05, 4.69) is 20.5 Å². The molecule has 0 aliphatic carbocycles. The third-order valence-corrected chi connectivity index (χ3v) is 4.99. The standard InChI is InChI=1S/C20H30N4O3/c1-3-22-19(25)16-8-6-15(7-9-16)13-23-20(21-2)24-10-12-27-18(14-24)17-5-4-11-26-17/h6-9,17-18H,3-5,10-14H2,1-2H3,(H,21,23)(H,22,25). The van der Waals surface area contributed by atoms with Crippen molar-refractivity contribution >= 4 is 11.9 Å². The number of carbonyl (C=O) groups excluding carboxylic acids is 1. The molecule has 27 heavy (non-hydrogen) atoms. The summed E-state index contributed by atoms with van der Waals surface area (Å²) in [5.41, 5.74) is 1.78. The van der Waals surface area contributed by atoms with Crippen LogP contribution in [0.1, 0.15) is 35.7 Å². The Morgan fingerprint density at radius 1 is 1.19 bits per heavy atom. The van der Waals surface area contributed by atoms with Gasteiger partial charge in [-0.2, -0.15) is 0 Å². The Labute approximate surface area is 161 Å². The van der Waals surface area contributed by atoms with Crippen LogP contribution in [0.2, 0.25) is 0 Å². The second-order valence-corrected chi connectivity index (χ2v) is 6.86. The summed E-state index contributed by atoms with van der Waals surface area (Å²) in [7, 11) is 1.80. The molecule has 2 aliphatic rings. The molecule has 1 amide bonds. The van der Waals surface area contributed by atoms with Gasteiger partial charge in [0, 0.05) is 45.4 Å². The minimum atomic E-state index is -0.0405. The first-order valence-corrected chi connectivity index (χ1v) is 9.77. The zero-order chi connectivity index (χ0) is 19.1. The van der Waals surface area contributed by atoms with E-state index in [9.17, 15) is 4.79 Å². The molecule has 3 rings (SSSR count). The van der Waals surface area contributed by atoms with Crippen LogP contribution >= 0.6 is 0 Å². The minimum Gasteiger partial charge on any atom is -0.375 e. The van der Waals surface area contributed by atoms with Gasteiger partial charge in [-0.15, -0.1) is 0 Å². The normalized spacial score (nSPS) is 23.3. The van der Waals surface area contributed by atoms with Gasteiger partial charge in [0.1, 0.15) is 6.10 Å². The van der Waals surface area contributed by atoms with Gasteiger partial charge in [-0.3, -0.25) is 9.79 Å². The van der Waals surface area contributed by atoms with E-state index >= 15 is 0 Å². The maximum atomic E-state index is 11.8. The van der Waals surface area contributed by atoms with Crippen molar-refractivity contribution in [1.82, 2.24) is 15.5 Å². The number of hydrogen-bond acceptors (Lipinski definition) is 4. The summed E-state index contributed by atoms with van der Waals surface area (Å²) in [6, 6.07) is 7.65. The number of amides is 1. The molecule has 2 aliphatic heterocycles. The molecule has 0 aromatic heterocycles. The number of benzene rings is 1. The van der Waals surface area contributed by atoms with Crippen LogP contribution in [0, 0.1) is 0 Å². The van der Waals surface area contributed by atoms with Crippen molar-refractivity contribution in [2.45, 2.75) is 38.5 Å². The zero-order valence-corrected chi connectivity index (χ0v) is 16.2. The summed E-state index contributed by atoms with van der Waals surface area (Å²) < 4.78 is 11.7. The first kappa shape index (κ1) is 19.6. The minimum absolute atomic E-state index is 0.0405. The first-order valence-electron chi connectivity index (χ1n) is 9.77. The van der Waals surface area contributed by atoms with Crippen molar-refractivity contribution in [2.75, 3.05) is 39.9 Å². The van der Waals surface area contributed by atoms with E-state index in [0.29, 0.717) is 25.3 Å². The highest BCUT2D eigenvalue weighted by Crippen LogP contribution is 2.21. The predicted molar refractivity (Wildman–Crippen MR) is 105 cm³/mol. The Hall–Kier alpha value is -2.12. The van der Waals surface area contributed by atoms with E-state index in [1.165, 1.54) is 0 Å². The fourth-order valence-corrected chi connectivity index (χ4v) is 3.54. The van der Waals surface area contributed by atoms with Crippen LogP contribution in [0.3, 0.4) is 0 Å². The van der Waals surface area contributed by atoms with Crippen molar-refractivity contribution in [3.05, 3.63) is 35.4 Å². The van der Waals surface area contributed by atoms with Crippen molar-refractivity contribution in [3.8, 4) is 0 Å². The van der Waals surface area contributed by atoms with E-state index in [1.807, 2.05) is 31.2 Å². The molecule has 1 aromatic carbocycles. The lowest BCUT2D eigenvalue weighted by Gasteiger charge is -2.37. The van der Waals surface area contributed by atoms with Crippen LogP contribution in [0.15, 0.2) is 29.3 Å². The number of aliphatic imine (C=N–C) groups is 1. The van der Waals surface area contributed by atoms with Gasteiger partial charge in [0.05, 0.1) is 12.7 Å². The van der Waals surface area contributed by atoms with Gasteiger partial charge >= 0.3 is 0 Å². The Bertz CT molecular complexity index is 641. The number of rotatable bonds is 5. The van der Waals surface area contributed by atoms with Crippen molar-refractivity contribution in [3.63, 3.8) is 0 Å². The van der Waals surface area contributed by atoms with Gasteiger partial charge in [0.25, 0.3) is 5.91 Å². The van der Waals surface area contributed by atoms with Gasteiger partial charge < -0.3 is 25.0 Å². The lowest BCUT2D eigenvalue weighted by atomic mass is 10.1. The Morgan fingerprint density at radius 2 is 1.96 bits per heavy atom. The van der Waals surface area contributed by atoms with Crippen LogP contribution < -0.4 is 10.6 Å². The fourth-order valence-electron chi connectivity index (χ4n) is 3.54. The molecule has 2 unspecified atom stereocenters. The lowest BCUT2D eigenvalue weighted by molar-refractivity contribution is -0.0817. The highest BCUT2D eigenvalue weighted by Gasteiger charge is 2.32. The number of hydrogen-bond donors (Lipinski definition) is 2. The predicted octanol–water partition coefficient (Wildman–Crippen LogP) is 1.39. The summed E-state index contributed by atoms with van der Waals surface area (Å²) in [4.78, 5) is 18.5. The molecule has 0 saturated carbocycles. The largest absolute Gasteiger partial charge is 0.375 e. The number of nitrogens with zero attached hydrogens (tertiary/aromatic N) is 2. The average molecular weight is 374 g/mol. The smallest absolute Gasteiger partial charge is 0.251 e. The Balaban J connectivity index is 1.53. The summed E-state index contributed by atoms with van der Waals surface area (Å²) >= 11 is 0. The molecular weight excluding hydrogens is 344 g/mol. The summed E-state index contributed by atoms with van der Waals surface area (Å²) in [5.74, 6) is 0.829. The lowest BCUT2D eigenvalue weighted by Crippen LogP contribution is -2.53.